The molecule has 0 fully saturated rings. The molecule has 0 saturated carbocycles. The molecule has 1 aromatic heterocycles. The zero-order chi connectivity index (χ0) is 17.0. The zero-order valence-corrected chi connectivity index (χ0v) is 12.9. The lowest BCUT2D eigenvalue weighted by molar-refractivity contribution is -0.136. The average molecular weight is 340 g/mol. The van der Waals surface area contributed by atoms with Gasteiger partial charge < -0.3 is 15.7 Å². The molecule has 0 radical (unpaired) electrons. The minimum atomic E-state index is -1.32. The third-order valence-electron chi connectivity index (χ3n) is 3.12. The van der Waals surface area contributed by atoms with E-state index in [9.17, 15) is 23.5 Å². The third kappa shape index (κ3) is 4.33. The van der Waals surface area contributed by atoms with Crippen molar-refractivity contribution >= 4 is 28.8 Å². The number of halogens is 2. The minimum absolute atomic E-state index is 0.0476. The fourth-order valence-corrected chi connectivity index (χ4v) is 2.55. The fraction of sp³-hybridized carbons (Fsp3) is 0.200. The largest absolute Gasteiger partial charge is 0.384 e. The average Bonchev–Trinajstić information content (AvgIpc) is 3.04. The number of thiophene rings is 1. The van der Waals surface area contributed by atoms with Crippen molar-refractivity contribution in [3.05, 3.63) is 52.2 Å². The molecule has 2 amide bonds. The summed E-state index contributed by atoms with van der Waals surface area (Å²) in [6.45, 7) is 1.33. The third-order valence-corrected chi connectivity index (χ3v) is 3.80. The second-order valence-electron chi connectivity index (χ2n) is 5.05. The van der Waals surface area contributed by atoms with Crippen LogP contribution in [0.1, 0.15) is 12.5 Å². The summed E-state index contributed by atoms with van der Waals surface area (Å²) in [5.74, 6) is -4.23. The van der Waals surface area contributed by atoms with Gasteiger partial charge in [0.15, 0.2) is 11.6 Å². The number of anilines is 1. The van der Waals surface area contributed by atoms with Crippen molar-refractivity contribution in [3.8, 4) is 0 Å². The van der Waals surface area contributed by atoms with Crippen LogP contribution < -0.4 is 10.6 Å². The number of carbonyl (C=O) groups is 2. The molecular formula is C15H14F2N2O3S. The van der Waals surface area contributed by atoms with Crippen molar-refractivity contribution in [3.63, 3.8) is 0 Å². The number of carbonyl (C=O) groups excluding carboxylic acids is 2. The number of hydrogen-bond acceptors (Lipinski definition) is 4. The van der Waals surface area contributed by atoms with Crippen LogP contribution in [0.15, 0.2) is 35.0 Å². The van der Waals surface area contributed by atoms with Crippen molar-refractivity contribution in [2.75, 3.05) is 11.9 Å². The standard InChI is InChI=1S/C15H14F2N2O3S/c1-15(22,9-4-5-23-7-9)8-18-13(20)14(21)19-10-2-3-11(16)12(17)6-10/h2-7,22H,8H2,1H3,(H,18,20)(H,19,21). The Balaban J connectivity index is 1.92. The summed E-state index contributed by atoms with van der Waals surface area (Å²) in [6.07, 6.45) is 0. The molecule has 1 aromatic carbocycles. The van der Waals surface area contributed by atoms with Crippen molar-refractivity contribution in [1.29, 1.82) is 0 Å². The summed E-state index contributed by atoms with van der Waals surface area (Å²) in [5.41, 5.74) is -0.754. The summed E-state index contributed by atoms with van der Waals surface area (Å²) in [4.78, 5) is 23.4. The van der Waals surface area contributed by atoms with Gasteiger partial charge >= 0.3 is 11.8 Å². The first-order valence-corrected chi connectivity index (χ1v) is 7.53. The van der Waals surface area contributed by atoms with Gasteiger partial charge in [-0.15, -0.1) is 0 Å². The van der Waals surface area contributed by atoms with E-state index in [4.69, 9.17) is 0 Å². The quantitative estimate of drug-likeness (QED) is 0.745. The molecule has 1 atom stereocenters. The molecule has 5 nitrogen and oxygen atoms in total. The molecule has 23 heavy (non-hydrogen) atoms. The van der Waals surface area contributed by atoms with Crippen LogP contribution in [0.2, 0.25) is 0 Å². The van der Waals surface area contributed by atoms with Crippen LogP contribution in [-0.4, -0.2) is 23.5 Å². The Morgan fingerprint density at radius 1 is 1.22 bits per heavy atom. The highest BCUT2D eigenvalue weighted by molar-refractivity contribution is 7.08. The van der Waals surface area contributed by atoms with Gasteiger partial charge in [-0.3, -0.25) is 9.59 Å². The van der Waals surface area contributed by atoms with Crippen LogP contribution in [0.4, 0.5) is 14.5 Å². The number of rotatable bonds is 4. The van der Waals surface area contributed by atoms with Crippen molar-refractivity contribution in [1.82, 2.24) is 5.32 Å². The van der Waals surface area contributed by atoms with E-state index in [1.54, 1.807) is 16.8 Å². The van der Waals surface area contributed by atoms with Gasteiger partial charge in [0.1, 0.15) is 5.60 Å². The lowest BCUT2D eigenvalue weighted by atomic mass is 9.99. The molecule has 0 aliphatic heterocycles. The number of nitrogens with one attached hydrogen (secondary N) is 2. The van der Waals surface area contributed by atoms with Crippen LogP contribution in [-0.2, 0) is 15.2 Å². The van der Waals surface area contributed by atoms with E-state index in [0.717, 1.165) is 18.2 Å². The number of amides is 2. The second-order valence-corrected chi connectivity index (χ2v) is 5.83. The number of aliphatic hydroxyl groups is 1. The Labute approximate surface area is 135 Å². The maximum absolute atomic E-state index is 13.0. The summed E-state index contributed by atoms with van der Waals surface area (Å²) in [7, 11) is 0. The predicted molar refractivity (Wildman–Crippen MR) is 81.9 cm³/mol. The first-order chi connectivity index (χ1) is 10.8. The molecule has 2 rings (SSSR count). The van der Waals surface area contributed by atoms with E-state index in [2.05, 4.69) is 10.6 Å². The Hall–Kier alpha value is -2.32. The van der Waals surface area contributed by atoms with E-state index >= 15 is 0 Å². The number of hydrogen-bond donors (Lipinski definition) is 3. The highest BCUT2D eigenvalue weighted by atomic mass is 32.1. The van der Waals surface area contributed by atoms with Crippen LogP contribution in [0.5, 0.6) is 0 Å². The first kappa shape index (κ1) is 17.0. The van der Waals surface area contributed by atoms with Gasteiger partial charge in [0.25, 0.3) is 0 Å². The smallest absolute Gasteiger partial charge is 0.313 e. The van der Waals surface area contributed by atoms with Crippen molar-refractivity contribution in [2.24, 2.45) is 0 Å². The molecule has 0 spiro atoms. The van der Waals surface area contributed by atoms with Gasteiger partial charge in [-0.05, 0) is 41.4 Å². The van der Waals surface area contributed by atoms with Gasteiger partial charge in [-0.1, -0.05) is 0 Å². The summed E-state index contributed by atoms with van der Waals surface area (Å²) in [5, 5.41) is 18.2. The molecule has 122 valence electrons. The molecule has 8 heteroatoms. The van der Waals surface area contributed by atoms with Gasteiger partial charge in [0.2, 0.25) is 0 Å². The number of benzene rings is 1. The summed E-state index contributed by atoms with van der Waals surface area (Å²) >= 11 is 1.39. The second kappa shape index (κ2) is 6.84. The molecule has 2 aromatic rings. The van der Waals surface area contributed by atoms with Gasteiger partial charge in [0.05, 0.1) is 6.54 Å². The van der Waals surface area contributed by atoms with E-state index < -0.39 is 29.0 Å². The Bertz CT molecular complexity index is 718. The highest BCUT2D eigenvalue weighted by Gasteiger charge is 2.25. The van der Waals surface area contributed by atoms with Crippen molar-refractivity contribution in [2.45, 2.75) is 12.5 Å². The maximum atomic E-state index is 13.0. The van der Waals surface area contributed by atoms with Crippen LogP contribution in [0.25, 0.3) is 0 Å². The first-order valence-electron chi connectivity index (χ1n) is 6.59. The minimum Gasteiger partial charge on any atom is -0.384 e. The molecule has 0 aliphatic rings. The van der Waals surface area contributed by atoms with E-state index in [1.165, 1.54) is 18.3 Å². The maximum Gasteiger partial charge on any atom is 0.313 e. The molecule has 0 saturated heterocycles. The van der Waals surface area contributed by atoms with Gasteiger partial charge in [-0.2, -0.15) is 11.3 Å². The van der Waals surface area contributed by atoms with Crippen molar-refractivity contribution < 1.29 is 23.5 Å². The summed E-state index contributed by atoms with van der Waals surface area (Å²) in [6, 6.07) is 4.44. The predicted octanol–water partition coefficient (Wildman–Crippen LogP) is 1.99. The lowest BCUT2D eigenvalue weighted by Crippen LogP contribution is -2.43. The Morgan fingerprint density at radius 3 is 2.57 bits per heavy atom. The van der Waals surface area contributed by atoms with E-state index in [1.807, 2.05) is 0 Å². The van der Waals surface area contributed by atoms with Crippen LogP contribution in [0, 0.1) is 11.6 Å². The molecule has 0 bridgehead atoms. The fourth-order valence-electron chi connectivity index (χ4n) is 1.77. The Kier molecular flexibility index (Phi) is 5.07. The molecule has 3 N–H and O–H groups in total. The SMILES string of the molecule is CC(O)(CNC(=O)C(=O)Nc1ccc(F)c(F)c1)c1ccsc1. The monoisotopic (exact) mass is 340 g/mol. The Morgan fingerprint density at radius 2 is 1.96 bits per heavy atom. The van der Waals surface area contributed by atoms with E-state index in [-0.39, 0.29) is 12.2 Å². The van der Waals surface area contributed by atoms with Crippen LogP contribution >= 0.6 is 11.3 Å². The molecule has 1 unspecified atom stereocenters. The normalized spacial score (nSPS) is 13.2. The summed E-state index contributed by atoms with van der Waals surface area (Å²) < 4.78 is 25.8. The van der Waals surface area contributed by atoms with E-state index in [0.29, 0.717) is 5.56 Å². The zero-order valence-electron chi connectivity index (χ0n) is 12.1. The molecule has 1 heterocycles. The topological polar surface area (TPSA) is 78.4 Å². The van der Waals surface area contributed by atoms with Crippen LogP contribution in [0.3, 0.4) is 0 Å². The molecular weight excluding hydrogens is 326 g/mol. The molecule has 0 aliphatic carbocycles. The highest BCUT2D eigenvalue weighted by Crippen LogP contribution is 2.22. The van der Waals surface area contributed by atoms with Gasteiger partial charge in [0, 0.05) is 11.8 Å². The lowest BCUT2D eigenvalue weighted by Gasteiger charge is -2.22. The van der Waals surface area contributed by atoms with Gasteiger partial charge in [-0.25, -0.2) is 8.78 Å².